The molecule has 1 aromatic carbocycles. The molecular formula is C29H39N5O3. The SMILES string of the molecule is C=CCNC(=O)C1(N(CCCN2CCOCC2)C(=O)c2ccncc2)CCN(Cc2ccccc2)CC1. The monoisotopic (exact) mass is 505 g/mol. The van der Waals surface area contributed by atoms with Gasteiger partial charge in [0, 0.05) is 70.3 Å². The van der Waals surface area contributed by atoms with Crippen LogP contribution in [0.4, 0.5) is 0 Å². The second-order valence-electron chi connectivity index (χ2n) is 9.79. The summed E-state index contributed by atoms with van der Waals surface area (Å²) in [7, 11) is 0. The van der Waals surface area contributed by atoms with Gasteiger partial charge in [-0.3, -0.25) is 24.4 Å². The van der Waals surface area contributed by atoms with E-state index in [1.807, 2.05) is 11.0 Å². The Morgan fingerprint density at radius 3 is 2.41 bits per heavy atom. The molecule has 198 valence electrons. The number of likely N-dealkylation sites (tertiary alicyclic amines) is 1. The van der Waals surface area contributed by atoms with Crippen molar-refractivity contribution in [2.45, 2.75) is 31.3 Å². The number of amides is 2. The van der Waals surface area contributed by atoms with Crippen LogP contribution in [-0.2, 0) is 16.1 Å². The first-order valence-electron chi connectivity index (χ1n) is 13.3. The molecule has 2 aliphatic heterocycles. The van der Waals surface area contributed by atoms with Crippen LogP contribution in [0.1, 0.15) is 35.2 Å². The largest absolute Gasteiger partial charge is 0.379 e. The molecule has 2 saturated heterocycles. The molecule has 0 atom stereocenters. The zero-order valence-electron chi connectivity index (χ0n) is 21.7. The van der Waals surface area contributed by atoms with Gasteiger partial charge in [0.2, 0.25) is 5.91 Å². The highest BCUT2D eigenvalue weighted by Gasteiger charge is 2.48. The lowest BCUT2D eigenvalue weighted by atomic mass is 9.83. The molecule has 0 aliphatic carbocycles. The summed E-state index contributed by atoms with van der Waals surface area (Å²) < 4.78 is 5.48. The number of nitrogens with one attached hydrogen (secondary N) is 1. The first-order chi connectivity index (χ1) is 18.1. The van der Waals surface area contributed by atoms with E-state index in [0.717, 1.165) is 58.9 Å². The Balaban J connectivity index is 1.55. The molecule has 1 N–H and O–H groups in total. The fraction of sp³-hybridized carbons (Fsp3) is 0.483. The number of benzene rings is 1. The van der Waals surface area contributed by atoms with E-state index in [-0.39, 0.29) is 11.8 Å². The number of pyridine rings is 1. The van der Waals surface area contributed by atoms with E-state index < -0.39 is 5.54 Å². The molecule has 0 bridgehead atoms. The number of rotatable bonds is 11. The quantitative estimate of drug-likeness (QED) is 0.473. The van der Waals surface area contributed by atoms with Crippen molar-refractivity contribution in [3.8, 4) is 0 Å². The van der Waals surface area contributed by atoms with E-state index in [1.165, 1.54) is 5.56 Å². The molecule has 3 heterocycles. The zero-order valence-corrected chi connectivity index (χ0v) is 21.7. The van der Waals surface area contributed by atoms with Crippen LogP contribution in [0.25, 0.3) is 0 Å². The Hall–Kier alpha value is -3.07. The minimum atomic E-state index is -0.915. The highest BCUT2D eigenvalue weighted by Crippen LogP contribution is 2.32. The van der Waals surface area contributed by atoms with Gasteiger partial charge in [-0.05, 0) is 37.0 Å². The van der Waals surface area contributed by atoms with Crippen LogP contribution in [0.2, 0.25) is 0 Å². The van der Waals surface area contributed by atoms with Gasteiger partial charge in [0.05, 0.1) is 13.2 Å². The molecule has 8 heteroatoms. The molecule has 0 spiro atoms. The maximum atomic E-state index is 13.9. The summed E-state index contributed by atoms with van der Waals surface area (Å²) in [6.07, 6.45) is 6.90. The third-order valence-electron chi connectivity index (χ3n) is 7.41. The van der Waals surface area contributed by atoms with Crippen molar-refractivity contribution in [1.82, 2.24) is 25.0 Å². The molecule has 2 aromatic rings. The molecule has 8 nitrogen and oxygen atoms in total. The van der Waals surface area contributed by atoms with E-state index in [0.29, 0.717) is 31.5 Å². The number of carbonyl (C=O) groups excluding carboxylic acids is 2. The van der Waals surface area contributed by atoms with Crippen molar-refractivity contribution in [1.29, 1.82) is 0 Å². The summed E-state index contributed by atoms with van der Waals surface area (Å²) in [5, 5.41) is 3.03. The zero-order chi connectivity index (χ0) is 25.9. The number of piperidine rings is 1. The number of ether oxygens (including phenoxy) is 1. The Kier molecular flexibility index (Phi) is 9.82. The van der Waals surface area contributed by atoms with Gasteiger partial charge in [0.25, 0.3) is 5.91 Å². The van der Waals surface area contributed by atoms with Crippen LogP contribution < -0.4 is 5.32 Å². The van der Waals surface area contributed by atoms with Crippen molar-refractivity contribution in [2.24, 2.45) is 0 Å². The fourth-order valence-electron chi connectivity index (χ4n) is 5.31. The van der Waals surface area contributed by atoms with Crippen molar-refractivity contribution < 1.29 is 14.3 Å². The fourth-order valence-corrected chi connectivity index (χ4v) is 5.31. The van der Waals surface area contributed by atoms with Crippen LogP contribution in [0, 0.1) is 0 Å². The van der Waals surface area contributed by atoms with Gasteiger partial charge in [-0.1, -0.05) is 36.4 Å². The van der Waals surface area contributed by atoms with Crippen molar-refractivity contribution in [3.63, 3.8) is 0 Å². The minimum Gasteiger partial charge on any atom is -0.379 e. The van der Waals surface area contributed by atoms with Gasteiger partial charge >= 0.3 is 0 Å². The van der Waals surface area contributed by atoms with E-state index in [2.05, 4.69) is 50.9 Å². The first-order valence-corrected chi connectivity index (χ1v) is 13.3. The van der Waals surface area contributed by atoms with Crippen LogP contribution in [0.5, 0.6) is 0 Å². The Bertz CT molecular complexity index is 1000. The predicted molar refractivity (Wildman–Crippen MR) is 144 cm³/mol. The Labute approximate surface area is 220 Å². The maximum absolute atomic E-state index is 13.9. The van der Waals surface area contributed by atoms with Crippen molar-refractivity contribution in [2.75, 3.05) is 59.0 Å². The summed E-state index contributed by atoms with van der Waals surface area (Å²) >= 11 is 0. The molecule has 2 amide bonds. The third-order valence-corrected chi connectivity index (χ3v) is 7.41. The van der Waals surface area contributed by atoms with Gasteiger partial charge in [-0.2, -0.15) is 0 Å². The maximum Gasteiger partial charge on any atom is 0.254 e. The van der Waals surface area contributed by atoms with E-state index in [1.54, 1.807) is 30.6 Å². The van der Waals surface area contributed by atoms with Crippen LogP contribution in [0.3, 0.4) is 0 Å². The lowest BCUT2D eigenvalue weighted by Crippen LogP contribution is -2.65. The minimum absolute atomic E-state index is 0.0967. The number of hydrogen-bond acceptors (Lipinski definition) is 6. The second kappa shape index (κ2) is 13.5. The number of carbonyl (C=O) groups is 2. The summed E-state index contributed by atoms with van der Waals surface area (Å²) in [5.41, 5.74) is 0.895. The van der Waals surface area contributed by atoms with Crippen molar-refractivity contribution in [3.05, 3.63) is 78.6 Å². The summed E-state index contributed by atoms with van der Waals surface area (Å²) in [4.78, 5) is 38.4. The highest BCUT2D eigenvalue weighted by atomic mass is 16.5. The molecular weight excluding hydrogens is 466 g/mol. The molecule has 0 radical (unpaired) electrons. The summed E-state index contributed by atoms with van der Waals surface area (Å²) in [5.74, 6) is -0.213. The van der Waals surface area contributed by atoms with Gasteiger partial charge < -0.3 is 15.0 Å². The number of morpholine rings is 1. The molecule has 4 rings (SSSR count). The lowest BCUT2D eigenvalue weighted by molar-refractivity contribution is -0.135. The van der Waals surface area contributed by atoms with Gasteiger partial charge in [0.15, 0.2) is 0 Å². The van der Waals surface area contributed by atoms with Crippen LogP contribution >= 0.6 is 0 Å². The molecule has 1 aromatic heterocycles. The Morgan fingerprint density at radius 2 is 1.73 bits per heavy atom. The van der Waals surface area contributed by atoms with E-state index in [4.69, 9.17) is 4.74 Å². The molecule has 37 heavy (non-hydrogen) atoms. The topological polar surface area (TPSA) is 78.0 Å². The van der Waals surface area contributed by atoms with Crippen LogP contribution in [0.15, 0.2) is 67.5 Å². The van der Waals surface area contributed by atoms with E-state index >= 15 is 0 Å². The predicted octanol–water partition coefficient (Wildman–Crippen LogP) is 2.58. The smallest absolute Gasteiger partial charge is 0.254 e. The second-order valence-corrected chi connectivity index (χ2v) is 9.79. The third kappa shape index (κ3) is 7.03. The average molecular weight is 506 g/mol. The summed E-state index contributed by atoms with van der Waals surface area (Å²) in [6, 6.07) is 13.8. The highest BCUT2D eigenvalue weighted by molar-refractivity contribution is 5.99. The molecule has 2 fully saturated rings. The van der Waals surface area contributed by atoms with E-state index in [9.17, 15) is 9.59 Å². The van der Waals surface area contributed by atoms with Gasteiger partial charge in [-0.25, -0.2) is 0 Å². The molecule has 0 unspecified atom stereocenters. The molecule has 2 aliphatic rings. The first kappa shape index (κ1) is 27.0. The average Bonchev–Trinajstić information content (AvgIpc) is 2.96. The van der Waals surface area contributed by atoms with Crippen molar-refractivity contribution >= 4 is 11.8 Å². The number of aromatic nitrogens is 1. The van der Waals surface area contributed by atoms with Crippen LogP contribution in [-0.4, -0.2) is 96.1 Å². The standard InChI is InChI=1S/C29H39N5O3/c1-2-13-31-28(36)29(11-18-33(19-12-29)24-25-7-4-3-5-8-25)34(27(35)26-9-14-30-15-10-26)17-6-16-32-20-22-37-23-21-32/h2-5,7-10,14-15H,1,6,11-13,16-24H2,(H,31,36). The normalized spacial score (nSPS) is 18.2. The number of nitrogens with zero attached hydrogens (tertiary/aromatic N) is 4. The molecule has 0 saturated carbocycles. The Morgan fingerprint density at radius 1 is 1.03 bits per heavy atom. The lowest BCUT2D eigenvalue weighted by Gasteiger charge is -2.47. The van der Waals surface area contributed by atoms with Gasteiger partial charge in [-0.15, -0.1) is 6.58 Å². The van der Waals surface area contributed by atoms with Gasteiger partial charge in [0.1, 0.15) is 5.54 Å². The number of hydrogen-bond donors (Lipinski definition) is 1. The summed E-state index contributed by atoms with van der Waals surface area (Å²) in [6.45, 7) is 11.1.